The number of unbranched alkanes of at least 4 members (excludes halogenated alkanes) is 2. The molecule has 14 nitrogen and oxygen atoms in total. The number of carbonyl (C=O) groups is 7. The van der Waals surface area contributed by atoms with Crippen LogP contribution in [0.1, 0.15) is 45.1 Å². The van der Waals surface area contributed by atoms with Gasteiger partial charge in [0.1, 0.15) is 12.8 Å². The fourth-order valence-corrected chi connectivity index (χ4v) is 3.84. The van der Waals surface area contributed by atoms with E-state index in [1.54, 1.807) is 24.3 Å². The lowest BCUT2D eigenvalue weighted by Gasteiger charge is -2.19. The first-order valence-corrected chi connectivity index (χ1v) is 14.1. The lowest BCUT2D eigenvalue weighted by molar-refractivity contribution is -0.137. The van der Waals surface area contributed by atoms with Gasteiger partial charge in [-0.25, -0.2) is 0 Å². The molecule has 14 heteroatoms. The molecule has 1 aliphatic heterocycles. The SMILES string of the molecule is CC(C)OCNC(=O)CNC(=O)[C@H](Cc1ccccc1)NC(=O)CNC(=O)CNC(=O)CCCCCN1C(=O)C=CC1=O. The van der Waals surface area contributed by atoms with Gasteiger partial charge in [0.15, 0.2) is 0 Å². The molecule has 0 fully saturated rings. The average molecular weight is 601 g/mol. The maximum absolute atomic E-state index is 12.8. The molecule has 1 atom stereocenters. The zero-order valence-electron chi connectivity index (χ0n) is 24.5. The van der Waals surface area contributed by atoms with E-state index in [4.69, 9.17) is 4.74 Å². The van der Waals surface area contributed by atoms with E-state index in [0.717, 1.165) is 10.5 Å². The van der Waals surface area contributed by atoms with Crippen LogP contribution in [0, 0.1) is 0 Å². The molecule has 0 radical (unpaired) electrons. The van der Waals surface area contributed by atoms with Crippen molar-refractivity contribution in [2.45, 2.75) is 58.1 Å². The molecule has 2 rings (SSSR count). The van der Waals surface area contributed by atoms with Crippen molar-refractivity contribution in [3.05, 3.63) is 48.0 Å². The fraction of sp³-hybridized carbons (Fsp3) is 0.483. The third-order valence-electron chi connectivity index (χ3n) is 6.12. The first-order valence-electron chi connectivity index (χ1n) is 14.1. The predicted octanol–water partition coefficient (Wildman–Crippen LogP) is -0.953. The molecule has 234 valence electrons. The second kappa shape index (κ2) is 18.8. The highest BCUT2D eigenvalue weighted by molar-refractivity contribution is 6.12. The largest absolute Gasteiger partial charge is 0.359 e. The lowest BCUT2D eigenvalue weighted by atomic mass is 10.1. The summed E-state index contributed by atoms with van der Waals surface area (Å²) in [7, 11) is 0. The summed E-state index contributed by atoms with van der Waals surface area (Å²) < 4.78 is 5.24. The summed E-state index contributed by atoms with van der Waals surface area (Å²) in [6, 6.07) is 7.97. The van der Waals surface area contributed by atoms with E-state index in [2.05, 4.69) is 26.6 Å². The Morgan fingerprint density at radius 1 is 0.744 bits per heavy atom. The Bertz CT molecular complexity index is 1150. The number of benzene rings is 1. The Morgan fingerprint density at radius 2 is 1.35 bits per heavy atom. The molecule has 0 spiro atoms. The van der Waals surface area contributed by atoms with Gasteiger partial charge in [0.05, 0.1) is 25.7 Å². The number of hydrogen-bond acceptors (Lipinski definition) is 8. The molecule has 0 unspecified atom stereocenters. The number of rotatable bonds is 19. The van der Waals surface area contributed by atoms with Gasteiger partial charge >= 0.3 is 0 Å². The first-order chi connectivity index (χ1) is 20.5. The highest BCUT2D eigenvalue weighted by Gasteiger charge is 2.23. The van der Waals surface area contributed by atoms with Gasteiger partial charge in [-0.3, -0.25) is 38.5 Å². The van der Waals surface area contributed by atoms with Crippen LogP contribution in [-0.2, 0) is 44.7 Å². The van der Waals surface area contributed by atoms with Crippen molar-refractivity contribution in [3.63, 3.8) is 0 Å². The van der Waals surface area contributed by atoms with E-state index in [1.807, 2.05) is 19.9 Å². The summed E-state index contributed by atoms with van der Waals surface area (Å²) in [4.78, 5) is 85.6. The Labute approximate surface area is 250 Å². The van der Waals surface area contributed by atoms with Crippen LogP contribution in [0.15, 0.2) is 42.5 Å². The van der Waals surface area contributed by atoms with Crippen LogP contribution in [-0.4, -0.2) is 91.3 Å². The number of carbonyl (C=O) groups excluding carboxylic acids is 7. The van der Waals surface area contributed by atoms with E-state index in [9.17, 15) is 33.6 Å². The van der Waals surface area contributed by atoms with Crippen LogP contribution in [0.5, 0.6) is 0 Å². The Morgan fingerprint density at radius 3 is 2.02 bits per heavy atom. The van der Waals surface area contributed by atoms with Crippen LogP contribution < -0.4 is 26.6 Å². The predicted molar refractivity (Wildman–Crippen MR) is 155 cm³/mol. The topological polar surface area (TPSA) is 192 Å². The molecular formula is C29H40N6O8. The van der Waals surface area contributed by atoms with Gasteiger partial charge in [-0.05, 0) is 32.3 Å². The minimum Gasteiger partial charge on any atom is -0.359 e. The van der Waals surface area contributed by atoms with Gasteiger partial charge in [-0.15, -0.1) is 0 Å². The smallest absolute Gasteiger partial charge is 0.253 e. The van der Waals surface area contributed by atoms with Crippen LogP contribution in [0.3, 0.4) is 0 Å². The Balaban J connectivity index is 1.69. The maximum atomic E-state index is 12.8. The van der Waals surface area contributed by atoms with Crippen LogP contribution in [0.2, 0.25) is 0 Å². The molecule has 7 amide bonds. The van der Waals surface area contributed by atoms with Crippen molar-refractivity contribution in [2.24, 2.45) is 0 Å². The van der Waals surface area contributed by atoms with E-state index >= 15 is 0 Å². The third-order valence-corrected chi connectivity index (χ3v) is 6.12. The van der Waals surface area contributed by atoms with Crippen molar-refractivity contribution in [3.8, 4) is 0 Å². The molecule has 1 aliphatic rings. The molecule has 0 saturated carbocycles. The van der Waals surface area contributed by atoms with Crippen molar-refractivity contribution >= 4 is 41.4 Å². The summed E-state index contributed by atoms with van der Waals surface area (Å²) in [5.41, 5.74) is 0.777. The maximum Gasteiger partial charge on any atom is 0.253 e. The quantitative estimate of drug-likeness (QED) is 0.0762. The van der Waals surface area contributed by atoms with Crippen molar-refractivity contribution in [2.75, 3.05) is 32.9 Å². The highest BCUT2D eigenvalue weighted by Crippen LogP contribution is 2.08. The highest BCUT2D eigenvalue weighted by atomic mass is 16.5. The number of amides is 7. The molecule has 1 heterocycles. The third kappa shape index (κ3) is 14.2. The van der Waals surface area contributed by atoms with E-state index in [0.29, 0.717) is 19.3 Å². The molecule has 1 aromatic carbocycles. The first kappa shape index (κ1) is 34.6. The molecule has 1 aromatic rings. The minimum atomic E-state index is -1.01. The van der Waals surface area contributed by atoms with Gasteiger partial charge < -0.3 is 31.3 Å². The monoisotopic (exact) mass is 600 g/mol. The van der Waals surface area contributed by atoms with E-state index in [-0.39, 0.29) is 63.0 Å². The van der Waals surface area contributed by atoms with Crippen molar-refractivity contribution < 1.29 is 38.3 Å². The van der Waals surface area contributed by atoms with Crippen LogP contribution >= 0.6 is 0 Å². The molecule has 0 bridgehead atoms. The lowest BCUT2D eigenvalue weighted by Crippen LogP contribution is -2.52. The number of imide groups is 1. The molecular weight excluding hydrogens is 560 g/mol. The zero-order valence-corrected chi connectivity index (χ0v) is 24.5. The van der Waals surface area contributed by atoms with Gasteiger partial charge in [0.25, 0.3) is 11.8 Å². The van der Waals surface area contributed by atoms with Gasteiger partial charge in [0, 0.05) is 31.5 Å². The molecule has 0 aromatic heterocycles. The van der Waals surface area contributed by atoms with Crippen LogP contribution in [0.4, 0.5) is 0 Å². The second-order valence-corrected chi connectivity index (χ2v) is 10.0. The molecule has 0 aliphatic carbocycles. The summed E-state index contributed by atoms with van der Waals surface area (Å²) in [6.45, 7) is 2.85. The number of nitrogens with zero attached hydrogens (tertiary/aromatic N) is 1. The Hall–Kier alpha value is -4.59. The van der Waals surface area contributed by atoms with Crippen molar-refractivity contribution in [1.82, 2.24) is 31.5 Å². The molecule has 0 saturated heterocycles. The number of nitrogens with one attached hydrogen (secondary N) is 5. The fourth-order valence-electron chi connectivity index (χ4n) is 3.84. The Kier molecular flexibility index (Phi) is 15.1. The van der Waals surface area contributed by atoms with E-state index in [1.165, 1.54) is 12.2 Å². The zero-order chi connectivity index (χ0) is 31.6. The summed E-state index contributed by atoms with van der Waals surface area (Å²) in [5, 5.41) is 12.4. The number of ether oxygens (including phenoxy) is 1. The van der Waals surface area contributed by atoms with Crippen LogP contribution in [0.25, 0.3) is 0 Å². The van der Waals surface area contributed by atoms with Gasteiger partial charge in [-0.2, -0.15) is 0 Å². The normalized spacial score (nSPS) is 13.0. The second-order valence-electron chi connectivity index (χ2n) is 10.0. The van der Waals surface area contributed by atoms with E-state index < -0.39 is 36.2 Å². The summed E-state index contributed by atoms with van der Waals surface area (Å²) >= 11 is 0. The van der Waals surface area contributed by atoms with Gasteiger partial charge in [0.2, 0.25) is 29.5 Å². The molecule has 43 heavy (non-hydrogen) atoms. The minimum absolute atomic E-state index is 0.000000286. The summed E-state index contributed by atoms with van der Waals surface area (Å²) in [5.74, 6) is -3.29. The average Bonchev–Trinajstić information content (AvgIpc) is 3.29. The standard InChI is InChI=1S/C29H40N6O8/c1-20(2)43-19-33-25(38)17-32-29(42)22(15-21-9-5-3-6-10-21)34-26(39)18-31-24(37)16-30-23(36)11-7-4-8-14-35-27(40)12-13-28(35)41/h3,5-6,9-10,12-13,20,22H,4,7-8,11,14-19H2,1-2H3,(H,30,36)(H,31,37)(H,32,42)(H,33,38)(H,34,39)/t22-/m0/s1. The molecule has 5 N–H and O–H groups in total. The number of hydrogen-bond donors (Lipinski definition) is 5. The van der Waals surface area contributed by atoms with Crippen molar-refractivity contribution in [1.29, 1.82) is 0 Å². The summed E-state index contributed by atoms with van der Waals surface area (Å²) in [6.07, 6.45) is 4.38. The van der Waals surface area contributed by atoms with Gasteiger partial charge in [-0.1, -0.05) is 36.8 Å².